The first kappa shape index (κ1) is 12.9. The monoisotopic (exact) mass is 240 g/mol. The minimum atomic E-state index is -0.793. The second-order valence-electron chi connectivity index (χ2n) is 3.43. The van der Waals surface area contributed by atoms with Crippen molar-refractivity contribution in [3.8, 4) is 5.75 Å². The molecule has 88 valence electrons. The number of aliphatic carboxylic acids is 1. The summed E-state index contributed by atoms with van der Waals surface area (Å²) in [6.07, 6.45) is 0.874. The molecule has 0 aliphatic carbocycles. The zero-order valence-corrected chi connectivity index (χ0v) is 10.5. The quantitative estimate of drug-likeness (QED) is 0.804. The van der Waals surface area contributed by atoms with Gasteiger partial charge < -0.3 is 9.84 Å². The van der Waals surface area contributed by atoms with Crippen LogP contribution in [0.3, 0.4) is 0 Å². The second kappa shape index (κ2) is 5.80. The SMILES string of the molecule is CCc1cc(SC(C)C(=O)O)ccc1OC. The van der Waals surface area contributed by atoms with Gasteiger partial charge in [0.25, 0.3) is 0 Å². The van der Waals surface area contributed by atoms with Crippen LogP contribution in [0, 0.1) is 0 Å². The zero-order chi connectivity index (χ0) is 12.1. The van der Waals surface area contributed by atoms with Gasteiger partial charge in [0.1, 0.15) is 11.0 Å². The highest BCUT2D eigenvalue weighted by molar-refractivity contribution is 8.00. The van der Waals surface area contributed by atoms with E-state index in [1.54, 1.807) is 14.0 Å². The van der Waals surface area contributed by atoms with Gasteiger partial charge >= 0.3 is 5.97 Å². The van der Waals surface area contributed by atoms with Crippen LogP contribution in [-0.4, -0.2) is 23.4 Å². The van der Waals surface area contributed by atoms with Crippen molar-refractivity contribution in [2.24, 2.45) is 0 Å². The van der Waals surface area contributed by atoms with E-state index in [2.05, 4.69) is 0 Å². The van der Waals surface area contributed by atoms with E-state index in [1.807, 2.05) is 25.1 Å². The van der Waals surface area contributed by atoms with Crippen LogP contribution in [0.4, 0.5) is 0 Å². The van der Waals surface area contributed by atoms with Crippen LogP contribution in [0.2, 0.25) is 0 Å². The first-order valence-electron chi connectivity index (χ1n) is 5.14. The Labute approximate surface area is 99.8 Å². The Morgan fingerprint density at radius 2 is 2.25 bits per heavy atom. The van der Waals surface area contributed by atoms with E-state index in [4.69, 9.17) is 9.84 Å². The number of carboxylic acid groups (broad SMARTS) is 1. The van der Waals surface area contributed by atoms with Crippen molar-refractivity contribution in [1.82, 2.24) is 0 Å². The number of benzene rings is 1. The minimum Gasteiger partial charge on any atom is -0.496 e. The summed E-state index contributed by atoms with van der Waals surface area (Å²) in [5, 5.41) is 8.39. The van der Waals surface area contributed by atoms with Crippen LogP contribution >= 0.6 is 11.8 Å². The van der Waals surface area contributed by atoms with Crippen molar-refractivity contribution in [3.05, 3.63) is 23.8 Å². The number of carbonyl (C=O) groups is 1. The van der Waals surface area contributed by atoms with E-state index in [0.29, 0.717) is 0 Å². The number of hydrogen-bond acceptors (Lipinski definition) is 3. The Balaban J connectivity index is 2.86. The number of ether oxygens (including phenoxy) is 1. The van der Waals surface area contributed by atoms with E-state index in [0.717, 1.165) is 22.6 Å². The summed E-state index contributed by atoms with van der Waals surface area (Å²) in [5.74, 6) is 0.0636. The molecule has 0 radical (unpaired) electrons. The van der Waals surface area contributed by atoms with Gasteiger partial charge in [0.05, 0.1) is 7.11 Å². The molecule has 0 aliphatic rings. The van der Waals surface area contributed by atoms with Crippen molar-refractivity contribution < 1.29 is 14.6 Å². The molecule has 16 heavy (non-hydrogen) atoms. The van der Waals surface area contributed by atoms with Crippen molar-refractivity contribution in [2.75, 3.05) is 7.11 Å². The third kappa shape index (κ3) is 3.17. The van der Waals surface area contributed by atoms with Gasteiger partial charge in [-0.1, -0.05) is 6.92 Å². The Morgan fingerprint density at radius 1 is 1.56 bits per heavy atom. The molecule has 0 heterocycles. The summed E-state index contributed by atoms with van der Waals surface area (Å²) in [6, 6.07) is 5.76. The number of hydrogen-bond donors (Lipinski definition) is 1. The number of methoxy groups -OCH3 is 1. The summed E-state index contributed by atoms with van der Waals surface area (Å²) in [6.45, 7) is 3.73. The van der Waals surface area contributed by atoms with Gasteiger partial charge in [-0.3, -0.25) is 4.79 Å². The molecule has 0 aromatic heterocycles. The minimum absolute atomic E-state index is 0.432. The fraction of sp³-hybridized carbons (Fsp3) is 0.417. The zero-order valence-electron chi connectivity index (χ0n) is 9.69. The molecule has 1 atom stereocenters. The summed E-state index contributed by atoms with van der Waals surface area (Å²) in [5.41, 5.74) is 1.10. The molecule has 0 amide bonds. The molecule has 0 saturated heterocycles. The topological polar surface area (TPSA) is 46.5 Å². The lowest BCUT2D eigenvalue weighted by Gasteiger charge is -2.10. The van der Waals surface area contributed by atoms with E-state index in [-0.39, 0.29) is 0 Å². The number of carboxylic acids is 1. The van der Waals surface area contributed by atoms with Gasteiger partial charge in [0, 0.05) is 4.90 Å². The highest BCUT2D eigenvalue weighted by Crippen LogP contribution is 2.29. The lowest BCUT2D eigenvalue weighted by atomic mass is 10.1. The lowest BCUT2D eigenvalue weighted by molar-refractivity contribution is -0.136. The molecule has 1 unspecified atom stereocenters. The molecule has 1 aromatic carbocycles. The molecule has 1 N–H and O–H groups in total. The molecule has 0 bridgehead atoms. The van der Waals surface area contributed by atoms with Gasteiger partial charge in [0.15, 0.2) is 0 Å². The third-order valence-electron chi connectivity index (χ3n) is 2.29. The fourth-order valence-electron chi connectivity index (χ4n) is 1.36. The van der Waals surface area contributed by atoms with Gasteiger partial charge in [-0.15, -0.1) is 11.8 Å². The largest absolute Gasteiger partial charge is 0.496 e. The molecule has 0 spiro atoms. The summed E-state index contributed by atoms with van der Waals surface area (Å²) < 4.78 is 5.22. The molecular weight excluding hydrogens is 224 g/mol. The Hall–Kier alpha value is -1.16. The van der Waals surface area contributed by atoms with Gasteiger partial charge in [-0.25, -0.2) is 0 Å². The van der Waals surface area contributed by atoms with E-state index < -0.39 is 11.2 Å². The maximum atomic E-state index is 10.7. The van der Waals surface area contributed by atoms with Crippen molar-refractivity contribution in [2.45, 2.75) is 30.4 Å². The lowest BCUT2D eigenvalue weighted by Crippen LogP contribution is -2.11. The van der Waals surface area contributed by atoms with Gasteiger partial charge in [-0.05, 0) is 37.1 Å². The predicted octanol–water partition coefficient (Wildman–Crippen LogP) is 2.82. The standard InChI is InChI=1S/C12H16O3S/c1-4-9-7-10(5-6-11(9)15-3)16-8(2)12(13)14/h5-8H,4H2,1-3H3,(H,13,14). The Bertz CT molecular complexity index is 377. The van der Waals surface area contributed by atoms with Gasteiger partial charge in [-0.2, -0.15) is 0 Å². The third-order valence-corrected chi connectivity index (χ3v) is 3.37. The molecule has 0 aliphatic heterocycles. The summed E-state index contributed by atoms with van der Waals surface area (Å²) in [7, 11) is 1.64. The molecular formula is C12H16O3S. The van der Waals surface area contributed by atoms with Crippen molar-refractivity contribution in [1.29, 1.82) is 0 Å². The Kier molecular flexibility index (Phi) is 4.68. The van der Waals surface area contributed by atoms with E-state index >= 15 is 0 Å². The maximum absolute atomic E-state index is 10.7. The maximum Gasteiger partial charge on any atom is 0.316 e. The molecule has 4 heteroatoms. The number of thioether (sulfide) groups is 1. The Morgan fingerprint density at radius 3 is 2.75 bits per heavy atom. The normalized spacial score (nSPS) is 12.2. The fourth-order valence-corrected chi connectivity index (χ4v) is 2.23. The first-order chi connectivity index (χ1) is 7.58. The van der Waals surface area contributed by atoms with E-state index in [1.165, 1.54) is 11.8 Å². The molecule has 1 aromatic rings. The van der Waals surface area contributed by atoms with Crippen molar-refractivity contribution in [3.63, 3.8) is 0 Å². The molecule has 1 rings (SSSR count). The van der Waals surface area contributed by atoms with Crippen LogP contribution in [0.1, 0.15) is 19.4 Å². The molecule has 0 fully saturated rings. The average Bonchev–Trinajstić information content (AvgIpc) is 2.28. The van der Waals surface area contributed by atoms with Crippen LogP contribution < -0.4 is 4.74 Å². The molecule has 0 saturated carbocycles. The van der Waals surface area contributed by atoms with Crippen LogP contribution in [0.15, 0.2) is 23.1 Å². The summed E-state index contributed by atoms with van der Waals surface area (Å²) in [4.78, 5) is 11.7. The highest BCUT2D eigenvalue weighted by Gasteiger charge is 2.13. The van der Waals surface area contributed by atoms with Crippen LogP contribution in [-0.2, 0) is 11.2 Å². The predicted molar refractivity (Wildman–Crippen MR) is 65.3 cm³/mol. The smallest absolute Gasteiger partial charge is 0.316 e. The average molecular weight is 240 g/mol. The van der Waals surface area contributed by atoms with Gasteiger partial charge in [0.2, 0.25) is 0 Å². The molecule has 3 nitrogen and oxygen atoms in total. The number of rotatable bonds is 5. The summed E-state index contributed by atoms with van der Waals surface area (Å²) >= 11 is 1.35. The van der Waals surface area contributed by atoms with Crippen molar-refractivity contribution >= 4 is 17.7 Å². The van der Waals surface area contributed by atoms with Crippen LogP contribution in [0.25, 0.3) is 0 Å². The van der Waals surface area contributed by atoms with Crippen LogP contribution in [0.5, 0.6) is 5.75 Å². The first-order valence-corrected chi connectivity index (χ1v) is 6.02. The number of aryl methyl sites for hydroxylation is 1. The highest BCUT2D eigenvalue weighted by atomic mass is 32.2. The van der Waals surface area contributed by atoms with E-state index in [9.17, 15) is 4.79 Å². The second-order valence-corrected chi connectivity index (χ2v) is 4.84.